The highest BCUT2D eigenvalue weighted by Gasteiger charge is 2.27. The molecule has 28 heavy (non-hydrogen) atoms. The van der Waals surface area contributed by atoms with Crippen molar-refractivity contribution in [1.82, 2.24) is 15.1 Å². The van der Waals surface area contributed by atoms with E-state index in [9.17, 15) is 0 Å². The molecule has 0 aromatic heterocycles. The maximum absolute atomic E-state index is 5.69. The Morgan fingerprint density at radius 2 is 1.57 bits per heavy atom. The molecule has 0 radical (unpaired) electrons. The molecule has 148 valence electrons. The Hall–Kier alpha value is -1.95. The summed E-state index contributed by atoms with van der Waals surface area (Å²) < 4.78 is 5.69. The molecule has 0 amide bonds. The number of rotatable bonds is 5. The highest BCUT2D eigenvalue weighted by Crippen LogP contribution is 2.29. The molecule has 0 aliphatic carbocycles. The Morgan fingerprint density at radius 3 is 2.11 bits per heavy atom. The third-order valence-electron chi connectivity index (χ3n) is 5.70. The summed E-state index contributed by atoms with van der Waals surface area (Å²) in [7, 11) is 0. The number of thiocarbonyl (C=S) groups is 1. The van der Waals surface area contributed by atoms with Crippen LogP contribution in [0, 0.1) is 0 Å². The van der Waals surface area contributed by atoms with Crippen molar-refractivity contribution >= 4 is 17.3 Å². The van der Waals surface area contributed by atoms with Crippen molar-refractivity contribution in [3.05, 3.63) is 71.8 Å². The van der Waals surface area contributed by atoms with Crippen LogP contribution in [0.5, 0.6) is 0 Å². The molecule has 5 heteroatoms. The fourth-order valence-electron chi connectivity index (χ4n) is 4.19. The first-order chi connectivity index (χ1) is 13.8. The van der Waals surface area contributed by atoms with E-state index in [0.717, 1.165) is 57.3 Å². The van der Waals surface area contributed by atoms with Gasteiger partial charge in [0.2, 0.25) is 0 Å². The lowest BCUT2D eigenvalue weighted by molar-refractivity contribution is 0.112. The fraction of sp³-hybridized carbons (Fsp3) is 0.435. The van der Waals surface area contributed by atoms with E-state index in [2.05, 4.69) is 75.8 Å². The van der Waals surface area contributed by atoms with E-state index < -0.39 is 0 Å². The van der Waals surface area contributed by atoms with E-state index in [0.29, 0.717) is 6.10 Å². The Balaban J connectivity index is 1.38. The summed E-state index contributed by atoms with van der Waals surface area (Å²) in [4.78, 5) is 4.87. The average molecular weight is 396 g/mol. The number of piperazine rings is 1. The highest BCUT2D eigenvalue weighted by atomic mass is 32.1. The molecule has 0 bridgehead atoms. The minimum Gasteiger partial charge on any atom is -0.376 e. The molecule has 4 nitrogen and oxygen atoms in total. The van der Waals surface area contributed by atoms with Gasteiger partial charge < -0.3 is 15.0 Å². The van der Waals surface area contributed by atoms with Gasteiger partial charge in [-0.05, 0) is 36.2 Å². The molecule has 2 fully saturated rings. The molecule has 0 unspecified atom stereocenters. The molecule has 2 aliphatic heterocycles. The summed E-state index contributed by atoms with van der Waals surface area (Å²) >= 11 is 5.64. The van der Waals surface area contributed by atoms with Crippen LogP contribution in [0.4, 0.5) is 0 Å². The highest BCUT2D eigenvalue weighted by molar-refractivity contribution is 7.80. The molecule has 2 aromatic carbocycles. The van der Waals surface area contributed by atoms with Gasteiger partial charge in [0.1, 0.15) is 0 Å². The lowest BCUT2D eigenvalue weighted by Crippen LogP contribution is -2.53. The van der Waals surface area contributed by atoms with Crippen LogP contribution in [-0.2, 0) is 4.74 Å². The zero-order valence-electron chi connectivity index (χ0n) is 16.3. The summed E-state index contributed by atoms with van der Waals surface area (Å²) in [6, 6.07) is 21.9. The van der Waals surface area contributed by atoms with E-state index in [1.807, 2.05) is 0 Å². The fourth-order valence-corrected chi connectivity index (χ4v) is 4.45. The lowest BCUT2D eigenvalue weighted by Gasteiger charge is -2.40. The van der Waals surface area contributed by atoms with Crippen LogP contribution in [0.3, 0.4) is 0 Å². The van der Waals surface area contributed by atoms with Crippen LogP contribution in [-0.4, -0.2) is 60.3 Å². The van der Waals surface area contributed by atoms with E-state index in [-0.39, 0.29) is 6.04 Å². The molecule has 2 aliphatic rings. The van der Waals surface area contributed by atoms with Crippen molar-refractivity contribution in [3.8, 4) is 0 Å². The van der Waals surface area contributed by atoms with E-state index in [4.69, 9.17) is 17.0 Å². The molecule has 1 N–H and O–H groups in total. The topological polar surface area (TPSA) is 27.7 Å². The standard InChI is InChI=1S/C23H29N3OS/c28-23(24-18-21-12-7-17-27-21)26-15-13-25(14-16-26)22(19-8-3-1-4-9-19)20-10-5-2-6-11-20/h1-6,8-11,21-22H,7,12-18H2,(H,24,28)/t21-/m1/s1. The van der Waals surface area contributed by atoms with Crippen molar-refractivity contribution in [3.63, 3.8) is 0 Å². The summed E-state index contributed by atoms with van der Waals surface area (Å²) in [6.07, 6.45) is 2.62. The van der Waals surface area contributed by atoms with Crippen molar-refractivity contribution in [1.29, 1.82) is 0 Å². The monoisotopic (exact) mass is 395 g/mol. The van der Waals surface area contributed by atoms with Gasteiger partial charge >= 0.3 is 0 Å². The summed E-state index contributed by atoms with van der Waals surface area (Å²) in [5.74, 6) is 0. The second-order valence-corrected chi connectivity index (χ2v) is 7.95. The van der Waals surface area contributed by atoms with Crippen LogP contribution in [0.2, 0.25) is 0 Å². The third kappa shape index (κ3) is 4.72. The molecule has 2 heterocycles. The average Bonchev–Trinajstić information content (AvgIpc) is 3.28. The van der Waals surface area contributed by atoms with Gasteiger partial charge in [-0.2, -0.15) is 0 Å². The Morgan fingerprint density at radius 1 is 0.964 bits per heavy atom. The number of hydrogen-bond acceptors (Lipinski definition) is 3. The minimum atomic E-state index is 0.290. The molecular formula is C23H29N3OS. The normalized spacial score (nSPS) is 20.5. The van der Waals surface area contributed by atoms with Crippen molar-refractivity contribution in [2.75, 3.05) is 39.3 Å². The Bertz CT molecular complexity index is 701. The largest absolute Gasteiger partial charge is 0.376 e. The van der Waals surface area contributed by atoms with Gasteiger partial charge in [-0.25, -0.2) is 0 Å². The summed E-state index contributed by atoms with van der Waals surface area (Å²) in [5.41, 5.74) is 2.70. The molecule has 0 spiro atoms. The Kier molecular flexibility index (Phi) is 6.57. The van der Waals surface area contributed by atoms with E-state index in [1.165, 1.54) is 11.1 Å². The number of benzene rings is 2. The quantitative estimate of drug-likeness (QED) is 0.783. The van der Waals surface area contributed by atoms with Gasteiger partial charge in [-0.3, -0.25) is 4.90 Å². The second kappa shape index (κ2) is 9.50. The predicted octanol–water partition coefficient (Wildman–Crippen LogP) is 3.45. The third-order valence-corrected chi connectivity index (χ3v) is 6.10. The zero-order chi connectivity index (χ0) is 19.2. The maximum Gasteiger partial charge on any atom is 0.169 e. The molecule has 2 aromatic rings. The van der Waals surface area contributed by atoms with E-state index >= 15 is 0 Å². The lowest BCUT2D eigenvalue weighted by atomic mass is 9.96. The number of ether oxygens (including phenoxy) is 1. The van der Waals surface area contributed by atoms with Crippen LogP contribution in [0.15, 0.2) is 60.7 Å². The van der Waals surface area contributed by atoms with Crippen molar-refractivity contribution < 1.29 is 4.74 Å². The molecule has 4 rings (SSSR count). The molecule has 2 saturated heterocycles. The minimum absolute atomic E-state index is 0.290. The summed E-state index contributed by atoms with van der Waals surface area (Å²) in [6.45, 7) is 5.61. The van der Waals surface area contributed by atoms with Gasteiger partial charge in [0.25, 0.3) is 0 Å². The van der Waals surface area contributed by atoms with Gasteiger partial charge in [-0.1, -0.05) is 60.7 Å². The first-order valence-electron chi connectivity index (χ1n) is 10.3. The first-order valence-corrected chi connectivity index (χ1v) is 10.7. The molecule has 1 atom stereocenters. The SMILES string of the molecule is S=C(NC[C@H]1CCCO1)N1CCN(C(c2ccccc2)c2ccccc2)CC1. The van der Waals surface area contributed by atoms with Gasteiger partial charge in [0.15, 0.2) is 5.11 Å². The zero-order valence-corrected chi connectivity index (χ0v) is 17.1. The Labute approximate surface area is 173 Å². The van der Waals surface area contributed by atoms with E-state index in [1.54, 1.807) is 0 Å². The van der Waals surface area contributed by atoms with Gasteiger partial charge in [0.05, 0.1) is 12.1 Å². The molecule has 0 saturated carbocycles. The molecular weight excluding hydrogens is 366 g/mol. The number of nitrogens with one attached hydrogen (secondary N) is 1. The van der Waals surface area contributed by atoms with Crippen LogP contribution in [0.1, 0.15) is 30.0 Å². The van der Waals surface area contributed by atoms with Crippen molar-refractivity contribution in [2.45, 2.75) is 25.0 Å². The van der Waals surface area contributed by atoms with Crippen LogP contribution in [0.25, 0.3) is 0 Å². The second-order valence-electron chi connectivity index (χ2n) is 7.57. The van der Waals surface area contributed by atoms with Gasteiger partial charge in [-0.15, -0.1) is 0 Å². The summed E-state index contributed by atoms with van der Waals surface area (Å²) in [5, 5.41) is 4.28. The first kappa shape index (κ1) is 19.4. The van der Waals surface area contributed by atoms with Crippen LogP contribution < -0.4 is 5.32 Å². The van der Waals surface area contributed by atoms with Crippen LogP contribution >= 0.6 is 12.2 Å². The van der Waals surface area contributed by atoms with Crippen molar-refractivity contribution in [2.24, 2.45) is 0 Å². The number of nitrogens with zero attached hydrogens (tertiary/aromatic N) is 2. The van der Waals surface area contributed by atoms with Gasteiger partial charge in [0, 0.05) is 39.3 Å². The predicted molar refractivity (Wildman–Crippen MR) is 117 cm³/mol. The number of hydrogen-bond donors (Lipinski definition) is 1. The maximum atomic E-state index is 5.69. The smallest absolute Gasteiger partial charge is 0.169 e.